The van der Waals surface area contributed by atoms with Crippen molar-refractivity contribution < 1.29 is 19.7 Å². The van der Waals surface area contributed by atoms with Gasteiger partial charge in [-0.25, -0.2) is 0 Å². The first kappa shape index (κ1) is 14.3. The smallest absolute Gasteiger partial charge is 0.311 e. The van der Waals surface area contributed by atoms with Gasteiger partial charge < -0.3 is 14.9 Å². The minimum absolute atomic E-state index is 0.159. The Labute approximate surface area is 120 Å². The lowest BCUT2D eigenvalue weighted by atomic mass is 9.71. The van der Waals surface area contributed by atoms with Crippen LogP contribution in [0.4, 0.5) is 0 Å². The number of hydrogen-bond donors (Lipinski definition) is 2. The third kappa shape index (κ3) is 2.17. The third-order valence-corrected chi connectivity index (χ3v) is 5.41. The predicted octanol–water partition coefficient (Wildman–Crippen LogP) is 2.16. The highest BCUT2D eigenvalue weighted by atomic mass is 16.6. The molecule has 0 spiro atoms. The van der Waals surface area contributed by atoms with E-state index in [0.717, 1.165) is 12.8 Å². The number of fused-ring (bicyclic) bond motifs is 2. The maximum atomic E-state index is 12.3. The van der Waals surface area contributed by atoms with E-state index in [4.69, 9.17) is 4.74 Å². The van der Waals surface area contributed by atoms with Gasteiger partial charge in [0.15, 0.2) is 0 Å². The van der Waals surface area contributed by atoms with Gasteiger partial charge in [0.25, 0.3) is 0 Å². The summed E-state index contributed by atoms with van der Waals surface area (Å²) in [7, 11) is 0. The second-order valence-corrected chi connectivity index (χ2v) is 8.47. The van der Waals surface area contributed by atoms with Crippen LogP contribution in [0.2, 0.25) is 0 Å². The zero-order valence-electron chi connectivity index (χ0n) is 12.7. The zero-order valence-corrected chi connectivity index (χ0v) is 12.7. The lowest BCUT2D eigenvalue weighted by molar-refractivity contribution is -0.191. The molecule has 3 aliphatic carbocycles. The van der Waals surface area contributed by atoms with Crippen LogP contribution in [-0.2, 0) is 9.53 Å². The molecular weight excluding hydrogens is 256 g/mol. The molecular formula is C16H26O4. The molecule has 0 aliphatic heterocycles. The number of rotatable bonds is 1. The van der Waals surface area contributed by atoms with E-state index in [0.29, 0.717) is 32.1 Å². The van der Waals surface area contributed by atoms with Crippen molar-refractivity contribution in [3.8, 4) is 0 Å². The Kier molecular flexibility index (Phi) is 2.85. The van der Waals surface area contributed by atoms with Gasteiger partial charge in [-0.3, -0.25) is 4.79 Å². The fourth-order valence-corrected chi connectivity index (χ4v) is 4.68. The highest BCUT2D eigenvalue weighted by Crippen LogP contribution is 2.60. The van der Waals surface area contributed by atoms with Crippen LogP contribution in [-0.4, -0.2) is 33.0 Å². The van der Waals surface area contributed by atoms with Crippen LogP contribution in [0.3, 0.4) is 0 Å². The summed E-state index contributed by atoms with van der Waals surface area (Å²) in [6.45, 7) is 5.52. The Morgan fingerprint density at radius 1 is 1.20 bits per heavy atom. The Morgan fingerprint density at radius 3 is 2.55 bits per heavy atom. The van der Waals surface area contributed by atoms with Crippen molar-refractivity contribution >= 4 is 5.97 Å². The second-order valence-electron chi connectivity index (χ2n) is 8.47. The van der Waals surface area contributed by atoms with Gasteiger partial charge in [0.1, 0.15) is 5.60 Å². The molecule has 4 nitrogen and oxygen atoms in total. The molecule has 3 fully saturated rings. The summed E-state index contributed by atoms with van der Waals surface area (Å²) in [6.07, 6.45) is 4.71. The molecule has 0 heterocycles. The van der Waals surface area contributed by atoms with E-state index in [1.54, 1.807) is 0 Å². The monoisotopic (exact) mass is 282 g/mol. The molecule has 4 unspecified atom stereocenters. The number of hydrogen-bond acceptors (Lipinski definition) is 4. The van der Waals surface area contributed by atoms with Crippen LogP contribution in [0.15, 0.2) is 0 Å². The second kappa shape index (κ2) is 3.98. The van der Waals surface area contributed by atoms with Crippen LogP contribution < -0.4 is 0 Å². The van der Waals surface area contributed by atoms with Gasteiger partial charge in [0.05, 0.1) is 16.6 Å². The van der Waals surface area contributed by atoms with Crippen molar-refractivity contribution in [2.75, 3.05) is 0 Å². The van der Waals surface area contributed by atoms with Gasteiger partial charge in [-0.05, 0) is 46.0 Å². The van der Waals surface area contributed by atoms with Crippen molar-refractivity contribution in [3.05, 3.63) is 0 Å². The van der Waals surface area contributed by atoms with Crippen LogP contribution >= 0.6 is 0 Å². The quantitative estimate of drug-likeness (QED) is 0.723. The Bertz CT molecular complexity index is 440. The van der Waals surface area contributed by atoms with Gasteiger partial charge in [0.2, 0.25) is 0 Å². The Hall–Kier alpha value is -0.610. The van der Waals surface area contributed by atoms with Gasteiger partial charge in [0, 0.05) is 19.3 Å². The number of esters is 1. The predicted molar refractivity (Wildman–Crippen MR) is 74.0 cm³/mol. The molecule has 3 aliphatic rings. The van der Waals surface area contributed by atoms with Crippen molar-refractivity contribution in [2.24, 2.45) is 11.3 Å². The average Bonchev–Trinajstić information content (AvgIpc) is 2.37. The molecule has 20 heavy (non-hydrogen) atoms. The van der Waals surface area contributed by atoms with E-state index in [1.807, 2.05) is 20.8 Å². The third-order valence-electron chi connectivity index (χ3n) is 5.41. The molecule has 0 radical (unpaired) electrons. The summed E-state index contributed by atoms with van der Waals surface area (Å²) in [5.74, 6) is -0.0721. The molecule has 3 saturated carbocycles. The van der Waals surface area contributed by atoms with E-state index in [2.05, 4.69) is 0 Å². The van der Waals surface area contributed by atoms with E-state index in [9.17, 15) is 15.0 Å². The van der Waals surface area contributed by atoms with E-state index in [1.165, 1.54) is 0 Å². The fraction of sp³-hybridized carbons (Fsp3) is 0.938. The van der Waals surface area contributed by atoms with E-state index < -0.39 is 22.2 Å². The zero-order chi connectivity index (χ0) is 14.8. The summed E-state index contributed by atoms with van der Waals surface area (Å²) in [5, 5.41) is 21.7. The molecule has 114 valence electrons. The molecule has 4 heteroatoms. The fourth-order valence-electron chi connectivity index (χ4n) is 4.68. The van der Waals surface area contributed by atoms with Crippen LogP contribution in [0.5, 0.6) is 0 Å². The Balaban J connectivity index is 1.90. The lowest BCUT2D eigenvalue weighted by Gasteiger charge is -2.45. The SMILES string of the molecule is CC(C)(C)C(=O)OC12CC3CCCC(O)(C1)CC3(O)C2. The highest BCUT2D eigenvalue weighted by Gasteiger charge is 2.65. The minimum atomic E-state index is -0.865. The number of carbonyl (C=O) groups is 1. The maximum absolute atomic E-state index is 12.3. The molecule has 0 aromatic rings. The molecule has 0 saturated heterocycles. The van der Waals surface area contributed by atoms with Gasteiger partial charge in [-0.1, -0.05) is 6.42 Å². The average molecular weight is 282 g/mol. The summed E-state index contributed by atoms with van der Waals surface area (Å²) >= 11 is 0. The highest BCUT2D eigenvalue weighted by molar-refractivity contribution is 5.76. The molecule has 0 aromatic carbocycles. The van der Waals surface area contributed by atoms with Crippen LogP contribution in [0.1, 0.15) is 65.7 Å². The first-order valence-corrected chi connectivity index (χ1v) is 7.74. The summed E-state index contributed by atoms with van der Waals surface area (Å²) in [4.78, 5) is 12.3. The largest absolute Gasteiger partial charge is 0.458 e. The van der Waals surface area contributed by atoms with Gasteiger partial charge >= 0.3 is 5.97 Å². The van der Waals surface area contributed by atoms with Crippen LogP contribution in [0.25, 0.3) is 0 Å². The van der Waals surface area contributed by atoms with Crippen LogP contribution in [0, 0.1) is 11.3 Å². The van der Waals surface area contributed by atoms with Crippen molar-refractivity contribution in [3.63, 3.8) is 0 Å². The lowest BCUT2D eigenvalue weighted by Crippen LogP contribution is -2.53. The topological polar surface area (TPSA) is 66.8 Å². The van der Waals surface area contributed by atoms with E-state index in [-0.39, 0.29) is 11.9 Å². The van der Waals surface area contributed by atoms with Crippen molar-refractivity contribution in [2.45, 2.75) is 82.5 Å². The van der Waals surface area contributed by atoms with Crippen molar-refractivity contribution in [1.82, 2.24) is 0 Å². The molecule has 3 rings (SSSR count). The number of carbonyl (C=O) groups excluding carboxylic acids is 1. The Morgan fingerprint density at radius 2 is 1.90 bits per heavy atom. The molecule has 4 atom stereocenters. The maximum Gasteiger partial charge on any atom is 0.311 e. The molecule has 2 N–H and O–H groups in total. The standard InChI is InChI=1S/C16H26O4/c1-13(2,3)12(17)20-15-7-11-5-4-6-14(18,8-15)9-16(11,19)10-15/h11,18-19H,4-10H2,1-3H3. The molecule has 3 bridgehead atoms. The summed E-state index contributed by atoms with van der Waals surface area (Å²) in [6, 6.07) is 0. The summed E-state index contributed by atoms with van der Waals surface area (Å²) in [5.41, 5.74) is -2.92. The molecule has 0 aromatic heterocycles. The normalized spacial score (nSPS) is 47.1. The minimum Gasteiger partial charge on any atom is -0.458 e. The van der Waals surface area contributed by atoms with Gasteiger partial charge in [-0.15, -0.1) is 0 Å². The van der Waals surface area contributed by atoms with E-state index >= 15 is 0 Å². The summed E-state index contributed by atoms with van der Waals surface area (Å²) < 4.78 is 5.84. The first-order chi connectivity index (χ1) is 9.06. The van der Waals surface area contributed by atoms with Gasteiger partial charge in [-0.2, -0.15) is 0 Å². The number of aliphatic hydroxyl groups is 2. The number of ether oxygens (including phenoxy) is 1. The molecule has 0 amide bonds. The first-order valence-electron chi connectivity index (χ1n) is 7.74. The van der Waals surface area contributed by atoms with Crippen molar-refractivity contribution in [1.29, 1.82) is 0 Å².